The van der Waals surface area contributed by atoms with Crippen molar-refractivity contribution in [1.29, 1.82) is 0 Å². The summed E-state index contributed by atoms with van der Waals surface area (Å²) < 4.78 is 5.87. The molecule has 6 N–H and O–H groups in total. The first kappa shape index (κ1) is 31.7. The third-order valence-electron chi connectivity index (χ3n) is 8.29. The van der Waals surface area contributed by atoms with E-state index in [1.54, 1.807) is 0 Å². The van der Waals surface area contributed by atoms with E-state index >= 15 is 0 Å². The van der Waals surface area contributed by atoms with E-state index < -0.39 is 36.5 Å². The fourth-order valence-electron chi connectivity index (χ4n) is 5.96. The molecule has 0 saturated heterocycles. The summed E-state index contributed by atoms with van der Waals surface area (Å²) >= 11 is 0. The van der Waals surface area contributed by atoms with Crippen molar-refractivity contribution in [2.45, 2.75) is 43.1 Å². The fourth-order valence-corrected chi connectivity index (χ4v) is 5.96. The first-order valence-corrected chi connectivity index (χ1v) is 15.1. The predicted octanol–water partition coefficient (Wildman–Crippen LogP) is 4.41. The minimum absolute atomic E-state index is 0.0481. The molecule has 0 radical (unpaired) electrons. The standard InChI is InChI=1S/C36H39N3O6/c37-31(19-24-11-3-1-4-12-24)33(40)21-39(22-34(41)32(38-35(42)43)20-25-13-5-2-6-14-25)36(44)45-23-30-28-17-9-7-15-26(28)27-16-8-10-18-29(27)30/h1-18,30-34,38,40-41H,19-23,37H2,(H,42,43)/t31-,32-,33?,34+/m0/s1. The van der Waals surface area contributed by atoms with Crippen LogP contribution < -0.4 is 11.1 Å². The molecular formula is C36H39N3O6. The first-order chi connectivity index (χ1) is 21.8. The van der Waals surface area contributed by atoms with Gasteiger partial charge in [-0.05, 0) is 46.2 Å². The van der Waals surface area contributed by atoms with Crippen LogP contribution in [0.3, 0.4) is 0 Å². The Morgan fingerprint density at radius 3 is 1.78 bits per heavy atom. The molecule has 9 heteroatoms. The minimum Gasteiger partial charge on any atom is -0.465 e. The highest BCUT2D eigenvalue weighted by molar-refractivity contribution is 5.79. The first-order valence-electron chi connectivity index (χ1n) is 15.1. The van der Waals surface area contributed by atoms with E-state index in [2.05, 4.69) is 5.32 Å². The summed E-state index contributed by atoms with van der Waals surface area (Å²) in [5.41, 5.74) is 12.4. The zero-order chi connectivity index (χ0) is 31.8. The van der Waals surface area contributed by atoms with Crippen LogP contribution in [0.15, 0.2) is 109 Å². The van der Waals surface area contributed by atoms with Crippen LogP contribution in [-0.4, -0.2) is 76.4 Å². The van der Waals surface area contributed by atoms with Crippen molar-refractivity contribution in [3.05, 3.63) is 131 Å². The predicted molar refractivity (Wildman–Crippen MR) is 172 cm³/mol. The van der Waals surface area contributed by atoms with Crippen molar-refractivity contribution in [3.8, 4) is 11.1 Å². The van der Waals surface area contributed by atoms with Gasteiger partial charge in [-0.2, -0.15) is 0 Å². The maximum absolute atomic E-state index is 13.7. The molecular weight excluding hydrogens is 570 g/mol. The van der Waals surface area contributed by atoms with Gasteiger partial charge in [0.2, 0.25) is 0 Å². The van der Waals surface area contributed by atoms with Gasteiger partial charge in [0, 0.05) is 12.0 Å². The largest absolute Gasteiger partial charge is 0.465 e. The lowest BCUT2D eigenvalue weighted by atomic mass is 9.98. The van der Waals surface area contributed by atoms with Crippen LogP contribution in [-0.2, 0) is 17.6 Å². The molecule has 0 fully saturated rings. The van der Waals surface area contributed by atoms with Gasteiger partial charge in [0.05, 0.1) is 31.3 Å². The zero-order valence-electron chi connectivity index (χ0n) is 24.9. The summed E-state index contributed by atoms with van der Waals surface area (Å²) in [7, 11) is 0. The van der Waals surface area contributed by atoms with Gasteiger partial charge in [-0.1, -0.05) is 109 Å². The monoisotopic (exact) mass is 609 g/mol. The third kappa shape index (κ3) is 8.07. The third-order valence-corrected chi connectivity index (χ3v) is 8.29. The number of aliphatic hydroxyl groups is 2. The van der Waals surface area contributed by atoms with Crippen molar-refractivity contribution in [1.82, 2.24) is 10.2 Å². The van der Waals surface area contributed by atoms with E-state index in [0.29, 0.717) is 6.42 Å². The van der Waals surface area contributed by atoms with Crippen LogP contribution in [0, 0.1) is 0 Å². The Bertz CT molecular complexity index is 1520. The zero-order valence-corrected chi connectivity index (χ0v) is 24.9. The number of nitrogens with two attached hydrogens (primary N) is 1. The smallest absolute Gasteiger partial charge is 0.409 e. The highest BCUT2D eigenvalue weighted by atomic mass is 16.6. The van der Waals surface area contributed by atoms with Crippen LogP contribution in [0.4, 0.5) is 9.59 Å². The van der Waals surface area contributed by atoms with Crippen LogP contribution in [0.2, 0.25) is 0 Å². The summed E-state index contributed by atoms with van der Waals surface area (Å²) in [4.78, 5) is 26.5. The number of nitrogens with one attached hydrogen (secondary N) is 1. The number of aliphatic hydroxyl groups excluding tert-OH is 2. The maximum Gasteiger partial charge on any atom is 0.409 e. The van der Waals surface area contributed by atoms with E-state index in [9.17, 15) is 24.9 Å². The van der Waals surface area contributed by atoms with E-state index in [1.165, 1.54) is 4.90 Å². The van der Waals surface area contributed by atoms with Gasteiger partial charge < -0.3 is 36.0 Å². The Morgan fingerprint density at radius 1 is 0.733 bits per heavy atom. The molecule has 4 atom stereocenters. The van der Waals surface area contributed by atoms with Gasteiger partial charge >= 0.3 is 12.2 Å². The number of rotatable bonds is 13. The average Bonchev–Trinajstić information content (AvgIpc) is 3.37. The summed E-state index contributed by atoms with van der Waals surface area (Å²) in [6.07, 6.45) is -3.91. The Labute approximate surface area is 262 Å². The highest BCUT2D eigenvalue weighted by Gasteiger charge is 2.32. The Morgan fingerprint density at radius 2 is 1.22 bits per heavy atom. The van der Waals surface area contributed by atoms with Crippen molar-refractivity contribution < 1.29 is 29.6 Å². The van der Waals surface area contributed by atoms with E-state index in [-0.39, 0.29) is 32.0 Å². The van der Waals surface area contributed by atoms with Crippen molar-refractivity contribution in [2.75, 3.05) is 19.7 Å². The second kappa shape index (κ2) is 14.9. The Balaban J connectivity index is 1.33. The van der Waals surface area contributed by atoms with Crippen molar-refractivity contribution in [3.63, 3.8) is 0 Å². The number of benzene rings is 4. The molecule has 0 bridgehead atoms. The molecule has 1 unspecified atom stereocenters. The van der Waals surface area contributed by atoms with Crippen LogP contribution in [0.25, 0.3) is 11.1 Å². The second-order valence-corrected chi connectivity index (χ2v) is 11.4. The minimum atomic E-state index is -1.31. The number of ether oxygens (including phenoxy) is 1. The molecule has 0 aliphatic heterocycles. The molecule has 1 aliphatic carbocycles. The van der Waals surface area contributed by atoms with E-state index in [4.69, 9.17) is 10.5 Å². The molecule has 4 aromatic rings. The van der Waals surface area contributed by atoms with Gasteiger partial charge in [0.1, 0.15) is 6.61 Å². The van der Waals surface area contributed by atoms with Crippen LogP contribution in [0.5, 0.6) is 0 Å². The van der Waals surface area contributed by atoms with Crippen molar-refractivity contribution >= 4 is 12.2 Å². The summed E-state index contributed by atoms with van der Waals surface area (Å²) in [5, 5.41) is 34.3. The quantitative estimate of drug-likeness (QED) is 0.151. The lowest BCUT2D eigenvalue weighted by Crippen LogP contribution is -2.53. The number of amides is 2. The summed E-state index contributed by atoms with van der Waals surface area (Å²) in [5.74, 6) is -0.183. The number of hydrogen-bond acceptors (Lipinski definition) is 6. The normalized spacial score (nSPS) is 14.8. The van der Waals surface area contributed by atoms with Gasteiger partial charge in [0.15, 0.2) is 0 Å². The summed E-state index contributed by atoms with van der Waals surface area (Å²) in [6, 6.07) is 33.0. The number of carboxylic acid groups (broad SMARTS) is 1. The highest BCUT2D eigenvalue weighted by Crippen LogP contribution is 2.44. The van der Waals surface area contributed by atoms with Crippen LogP contribution in [0.1, 0.15) is 28.2 Å². The number of fused-ring (bicyclic) bond motifs is 3. The SMILES string of the molecule is N[C@@H](Cc1ccccc1)C(O)CN(C[C@@H](O)[C@H](Cc1ccccc1)NC(=O)O)C(=O)OCC1c2ccccc2-c2ccccc21. The molecule has 2 amide bonds. The average molecular weight is 610 g/mol. The molecule has 0 saturated carbocycles. The number of nitrogens with zero attached hydrogens (tertiary/aromatic N) is 1. The molecule has 5 rings (SSSR count). The number of hydrogen-bond donors (Lipinski definition) is 5. The van der Waals surface area contributed by atoms with Crippen molar-refractivity contribution in [2.24, 2.45) is 5.73 Å². The maximum atomic E-state index is 13.7. The molecule has 45 heavy (non-hydrogen) atoms. The number of carbonyl (C=O) groups excluding carboxylic acids is 1. The molecule has 0 aromatic heterocycles. The van der Waals surface area contributed by atoms with Gasteiger partial charge in [-0.25, -0.2) is 9.59 Å². The number of carbonyl (C=O) groups is 2. The molecule has 234 valence electrons. The van der Waals surface area contributed by atoms with Gasteiger partial charge in [-0.15, -0.1) is 0 Å². The second-order valence-electron chi connectivity index (χ2n) is 11.4. The fraction of sp³-hybridized carbons (Fsp3) is 0.278. The van der Waals surface area contributed by atoms with Gasteiger partial charge in [0.25, 0.3) is 0 Å². The topological polar surface area (TPSA) is 145 Å². The molecule has 0 spiro atoms. The van der Waals surface area contributed by atoms with E-state index in [0.717, 1.165) is 33.4 Å². The Kier molecular flexibility index (Phi) is 10.5. The van der Waals surface area contributed by atoms with E-state index in [1.807, 2.05) is 109 Å². The Hall–Kier alpha value is -4.70. The van der Waals surface area contributed by atoms with Crippen LogP contribution >= 0.6 is 0 Å². The summed E-state index contributed by atoms with van der Waals surface area (Å²) in [6.45, 7) is -0.455. The molecule has 9 nitrogen and oxygen atoms in total. The lowest BCUT2D eigenvalue weighted by Gasteiger charge is -2.32. The molecule has 4 aromatic carbocycles. The lowest BCUT2D eigenvalue weighted by molar-refractivity contribution is 0.0310. The van der Waals surface area contributed by atoms with Gasteiger partial charge in [-0.3, -0.25) is 0 Å². The molecule has 0 heterocycles. The molecule has 1 aliphatic rings.